The molecule has 2 nitrogen and oxygen atoms in total. The highest BCUT2D eigenvalue weighted by atomic mass is 35.5. The number of benzene rings is 1. The summed E-state index contributed by atoms with van der Waals surface area (Å²) in [5, 5.41) is 13.4. The maximum absolute atomic E-state index is 8.92. The van der Waals surface area contributed by atoms with E-state index < -0.39 is 0 Å². The van der Waals surface area contributed by atoms with Crippen molar-refractivity contribution in [2.75, 3.05) is 13.7 Å². The maximum Gasteiger partial charge on any atom is 0.0655 e. The molecule has 0 fully saturated rings. The first-order valence-electron chi connectivity index (χ1n) is 4.53. The molecule has 0 aromatic heterocycles. The van der Waals surface area contributed by atoms with Crippen LogP contribution in [0.3, 0.4) is 0 Å². The van der Waals surface area contributed by atoms with Gasteiger partial charge in [0.2, 0.25) is 0 Å². The van der Waals surface area contributed by atoms with Crippen LogP contribution >= 0.6 is 34.8 Å². The third-order valence-corrected chi connectivity index (χ3v) is 3.34. The quantitative estimate of drug-likeness (QED) is 0.821. The van der Waals surface area contributed by atoms with Crippen LogP contribution in [0.5, 0.6) is 0 Å². The zero-order chi connectivity index (χ0) is 11.4. The number of hydrogen-bond donors (Lipinski definition) is 2. The molecule has 1 unspecified atom stereocenters. The molecule has 1 atom stereocenters. The fourth-order valence-corrected chi connectivity index (χ4v) is 2.22. The molecule has 84 valence electrons. The molecule has 1 aromatic carbocycles. The Morgan fingerprint density at radius 3 is 2.40 bits per heavy atom. The standard InChI is InChI=1S/C10H12Cl3NO/c1-14-8(4-5-15)9-6(11)2-3-7(12)10(9)13/h2-3,8,14-15H,4-5H2,1H3. The second kappa shape index (κ2) is 5.92. The molecule has 1 rings (SSSR count). The predicted octanol–water partition coefficient (Wildman–Crippen LogP) is 3.29. The van der Waals surface area contributed by atoms with Gasteiger partial charge in [0, 0.05) is 23.2 Å². The van der Waals surface area contributed by atoms with Gasteiger partial charge < -0.3 is 10.4 Å². The van der Waals surface area contributed by atoms with Gasteiger partial charge in [-0.25, -0.2) is 0 Å². The molecule has 0 radical (unpaired) electrons. The summed E-state index contributed by atoms with van der Waals surface area (Å²) in [5.41, 5.74) is 0.738. The van der Waals surface area contributed by atoms with Gasteiger partial charge in [-0.3, -0.25) is 0 Å². The molecule has 0 amide bonds. The zero-order valence-electron chi connectivity index (χ0n) is 8.23. The minimum atomic E-state index is -0.0892. The number of halogens is 3. The van der Waals surface area contributed by atoms with Crippen LogP contribution in [0.25, 0.3) is 0 Å². The normalized spacial score (nSPS) is 12.9. The summed E-state index contributed by atoms with van der Waals surface area (Å²) in [6.45, 7) is 0.0602. The van der Waals surface area contributed by atoms with Gasteiger partial charge >= 0.3 is 0 Å². The van der Waals surface area contributed by atoms with E-state index in [0.717, 1.165) is 5.56 Å². The smallest absolute Gasteiger partial charge is 0.0655 e. The van der Waals surface area contributed by atoms with Crippen molar-refractivity contribution in [1.82, 2.24) is 5.32 Å². The number of aliphatic hydroxyl groups is 1. The van der Waals surface area contributed by atoms with Gasteiger partial charge in [-0.2, -0.15) is 0 Å². The monoisotopic (exact) mass is 267 g/mol. The lowest BCUT2D eigenvalue weighted by molar-refractivity contribution is 0.269. The zero-order valence-corrected chi connectivity index (χ0v) is 10.5. The van der Waals surface area contributed by atoms with E-state index in [-0.39, 0.29) is 12.6 Å². The van der Waals surface area contributed by atoms with E-state index in [1.807, 2.05) is 0 Å². The first-order valence-corrected chi connectivity index (χ1v) is 5.66. The van der Waals surface area contributed by atoms with Crippen molar-refractivity contribution in [3.63, 3.8) is 0 Å². The summed E-state index contributed by atoms with van der Waals surface area (Å²) in [6.07, 6.45) is 0.538. The van der Waals surface area contributed by atoms with Crippen LogP contribution in [-0.2, 0) is 0 Å². The van der Waals surface area contributed by atoms with Crippen LogP contribution in [0, 0.1) is 0 Å². The van der Waals surface area contributed by atoms with E-state index in [1.54, 1.807) is 19.2 Å². The average Bonchev–Trinajstić information content (AvgIpc) is 2.22. The molecule has 1 aromatic rings. The molecule has 0 saturated heterocycles. The first kappa shape index (κ1) is 13.1. The minimum Gasteiger partial charge on any atom is -0.396 e. The first-order chi connectivity index (χ1) is 7.11. The molecule has 2 N–H and O–H groups in total. The van der Waals surface area contributed by atoms with Gasteiger partial charge in [-0.1, -0.05) is 34.8 Å². The van der Waals surface area contributed by atoms with Crippen molar-refractivity contribution in [2.24, 2.45) is 0 Å². The minimum absolute atomic E-state index is 0.0602. The molecular weight excluding hydrogens is 256 g/mol. The van der Waals surface area contributed by atoms with Crippen LogP contribution in [-0.4, -0.2) is 18.8 Å². The number of hydrogen-bond acceptors (Lipinski definition) is 2. The summed E-state index contributed by atoms with van der Waals surface area (Å²) in [7, 11) is 1.79. The lowest BCUT2D eigenvalue weighted by Crippen LogP contribution is -2.18. The summed E-state index contributed by atoms with van der Waals surface area (Å²) in [5.74, 6) is 0. The van der Waals surface area contributed by atoms with Crippen LogP contribution < -0.4 is 5.32 Å². The van der Waals surface area contributed by atoms with Gasteiger partial charge in [-0.15, -0.1) is 0 Å². The third-order valence-electron chi connectivity index (χ3n) is 2.19. The van der Waals surface area contributed by atoms with Crippen LogP contribution in [0.4, 0.5) is 0 Å². The van der Waals surface area contributed by atoms with Crippen LogP contribution in [0.2, 0.25) is 15.1 Å². The van der Waals surface area contributed by atoms with E-state index >= 15 is 0 Å². The van der Waals surface area contributed by atoms with E-state index in [1.165, 1.54) is 0 Å². The Labute approximate surface area is 104 Å². The van der Waals surface area contributed by atoms with E-state index in [0.29, 0.717) is 21.5 Å². The van der Waals surface area contributed by atoms with Crippen molar-refractivity contribution in [3.05, 3.63) is 32.8 Å². The van der Waals surface area contributed by atoms with Gasteiger partial charge in [-0.05, 0) is 25.6 Å². The Hall–Kier alpha value is 0.01000. The van der Waals surface area contributed by atoms with Crippen molar-refractivity contribution < 1.29 is 5.11 Å². The Morgan fingerprint density at radius 1 is 1.27 bits per heavy atom. The molecule has 0 aliphatic heterocycles. The van der Waals surface area contributed by atoms with E-state index in [2.05, 4.69) is 5.32 Å². The SMILES string of the molecule is CNC(CCO)c1c(Cl)ccc(Cl)c1Cl. The topological polar surface area (TPSA) is 32.3 Å². The Balaban J connectivity index is 3.15. The molecule has 0 aliphatic rings. The Kier molecular flexibility index (Phi) is 5.16. The molecule has 15 heavy (non-hydrogen) atoms. The van der Waals surface area contributed by atoms with Gasteiger partial charge in [0.25, 0.3) is 0 Å². The highest BCUT2D eigenvalue weighted by Crippen LogP contribution is 2.36. The molecular formula is C10H12Cl3NO. The van der Waals surface area contributed by atoms with E-state index in [9.17, 15) is 0 Å². The van der Waals surface area contributed by atoms with E-state index in [4.69, 9.17) is 39.9 Å². The largest absolute Gasteiger partial charge is 0.396 e. The van der Waals surface area contributed by atoms with Crippen LogP contribution in [0.1, 0.15) is 18.0 Å². The van der Waals surface area contributed by atoms with Gasteiger partial charge in [0.15, 0.2) is 0 Å². The summed E-state index contributed by atoms with van der Waals surface area (Å²) >= 11 is 18.0. The van der Waals surface area contributed by atoms with Gasteiger partial charge in [0.05, 0.1) is 10.0 Å². The lowest BCUT2D eigenvalue weighted by Gasteiger charge is -2.18. The van der Waals surface area contributed by atoms with Crippen molar-refractivity contribution in [2.45, 2.75) is 12.5 Å². The molecule has 0 saturated carbocycles. The molecule has 0 aliphatic carbocycles. The number of aliphatic hydroxyl groups excluding tert-OH is 1. The van der Waals surface area contributed by atoms with Crippen molar-refractivity contribution in [3.8, 4) is 0 Å². The summed E-state index contributed by atoms with van der Waals surface area (Å²) < 4.78 is 0. The number of nitrogens with one attached hydrogen (secondary N) is 1. The Morgan fingerprint density at radius 2 is 1.87 bits per heavy atom. The predicted molar refractivity (Wildman–Crippen MR) is 65.0 cm³/mol. The third kappa shape index (κ3) is 2.99. The highest BCUT2D eigenvalue weighted by molar-refractivity contribution is 6.44. The fraction of sp³-hybridized carbons (Fsp3) is 0.400. The van der Waals surface area contributed by atoms with Crippen molar-refractivity contribution >= 4 is 34.8 Å². The lowest BCUT2D eigenvalue weighted by atomic mass is 10.0. The maximum atomic E-state index is 8.92. The summed E-state index contributed by atoms with van der Waals surface area (Å²) in [4.78, 5) is 0. The summed E-state index contributed by atoms with van der Waals surface area (Å²) in [6, 6.07) is 3.27. The Bertz CT molecular complexity index is 344. The molecule has 0 bridgehead atoms. The average molecular weight is 269 g/mol. The van der Waals surface area contributed by atoms with Crippen LogP contribution in [0.15, 0.2) is 12.1 Å². The fourth-order valence-electron chi connectivity index (χ4n) is 1.42. The molecule has 5 heteroatoms. The number of rotatable bonds is 4. The molecule has 0 heterocycles. The second-order valence-corrected chi connectivity index (χ2v) is 4.30. The second-order valence-electron chi connectivity index (χ2n) is 3.11. The van der Waals surface area contributed by atoms with Crippen molar-refractivity contribution in [1.29, 1.82) is 0 Å². The van der Waals surface area contributed by atoms with Gasteiger partial charge in [0.1, 0.15) is 0 Å². The highest BCUT2D eigenvalue weighted by Gasteiger charge is 2.17. The molecule has 0 spiro atoms.